The summed E-state index contributed by atoms with van der Waals surface area (Å²) in [4.78, 5) is 34.4. The molecule has 8 heteroatoms. The molecular formula is C13H17NO7. The van der Waals surface area contributed by atoms with Crippen LogP contribution < -0.4 is 10.2 Å². The van der Waals surface area contributed by atoms with Crippen molar-refractivity contribution in [2.24, 2.45) is 0 Å². The number of ether oxygens (including phenoxy) is 1. The molecule has 0 aliphatic heterocycles. The molecule has 1 heterocycles. The monoisotopic (exact) mass is 299 g/mol. The van der Waals surface area contributed by atoms with Crippen molar-refractivity contribution in [3.63, 3.8) is 0 Å². The highest BCUT2D eigenvalue weighted by Gasteiger charge is 2.26. The number of aliphatic hydroxyl groups excluding tert-OH is 1. The van der Waals surface area contributed by atoms with E-state index in [2.05, 4.69) is 0 Å². The zero-order valence-corrected chi connectivity index (χ0v) is 11.5. The van der Waals surface area contributed by atoms with Crippen molar-refractivity contribution in [2.45, 2.75) is 32.6 Å². The molecule has 1 aromatic rings. The van der Waals surface area contributed by atoms with E-state index in [-0.39, 0.29) is 12.4 Å². The maximum atomic E-state index is 11.8. The number of hydrogen-bond donors (Lipinski definition) is 3. The molecule has 0 unspecified atom stereocenters. The summed E-state index contributed by atoms with van der Waals surface area (Å²) in [7, 11) is 0. The van der Waals surface area contributed by atoms with Gasteiger partial charge in [-0.2, -0.15) is 0 Å². The predicted molar refractivity (Wildman–Crippen MR) is 71.3 cm³/mol. The molecule has 0 saturated carbocycles. The normalized spacial score (nSPS) is 10.7. The second kappa shape index (κ2) is 7.55. The standard InChI is InChI=1S/C13H17NO7/c1-2-3-6-21-12-8(15)4-5-14(7-9(16)17)10(12)11(18)13(19)20/h4-5,9,16-17H,2-3,6-7H2,1H3,(H,19,20). The van der Waals surface area contributed by atoms with Crippen LogP contribution in [0.25, 0.3) is 0 Å². The third-order valence-corrected chi connectivity index (χ3v) is 2.65. The summed E-state index contributed by atoms with van der Waals surface area (Å²) in [6.07, 6.45) is 0.720. The molecule has 1 rings (SSSR count). The number of pyridine rings is 1. The second-order valence-corrected chi connectivity index (χ2v) is 4.33. The van der Waals surface area contributed by atoms with Crippen molar-refractivity contribution >= 4 is 11.8 Å². The number of aliphatic hydroxyl groups is 2. The van der Waals surface area contributed by atoms with Gasteiger partial charge < -0.3 is 24.6 Å². The van der Waals surface area contributed by atoms with Crippen LogP contribution in [0.3, 0.4) is 0 Å². The van der Waals surface area contributed by atoms with Gasteiger partial charge in [0.25, 0.3) is 5.78 Å². The number of carbonyl (C=O) groups excluding carboxylic acids is 1. The summed E-state index contributed by atoms with van der Waals surface area (Å²) in [5.74, 6) is -3.50. The lowest BCUT2D eigenvalue weighted by atomic mass is 10.2. The molecule has 0 aliphatic carbocycles. The molecule has 0 atom stereocenters. The van der Waals surface area contributed by atoms with Crippen LogP contribution in [0.5, 0.6) is 5.75 Å². The average molecular weight is 299 g/mol. The third kappa shape index (κ3) is 4.40. The van der Waals surface area contributed by atoms with E-state index in [9.17, 15) is 14.4 Å². The number of carboxylic acids is 1. The lowest BCUT2D eigenvalue weighted by Crippen LogP contribution is -2.28. The highest BCUT2D eigenvalue weighted by molar-refractivity contribution is 6.40. The second-order valence-electron chi connectivity index (χ2n) is 4.33. The van der Waals surface area contributed by atoms with Crippen molar-refractivity contribution in [3.8, 4) is 5.75 Å². The number of hydrogen-bond acceptors (Lipinski definition) is 6. The zero-order chi connectivity index (χ0) is 16.0. The van der Waals surface area contributed by atoms with E-state index in [1.54, 1.807) is 0 Å². The average Bonchev–Trinajstić information content (AvgIpc) is 2.41. The minimum absolute atomic E-state index is 0.150. The molecular weight excluding hydrogens is 282 g/mol. The van der Waals surface area contributed by atoms with Gasteiger partial charge in [-0.15, -0.1) is 0 Å². The fourth-order valence-corrected chi connectivity index (χ4v) is 1.68. The van der Waals surface area contributed by atoms with E-state index in [1.165, 1.54) is 0 Å². The van der Waals surface area contributed by atoms with Crippen LogP contribution in [0.1, 0.15) is 30.3 Å². The Morgan fingerprint density at radius 3 is 2.57 bits per heavy atom. The molecule has 3 N–H and O–H groups in total. The Balaban J connectivity index is 3.33. The van der Waals surface area contributed by atoms with Gasteiger partial charge in [-0.05, 0) is 6.42 Å². The maximum Gasteiger partial charge on any atom is 0.379 e. The number of carbonyl (C=O) groups is 2. The first-order chi connectivity index (χ1) is 9.88. The van der Waals surface area contributed by atoms with E-state index < -0.39 is 35.7 Å². The SMILES string of the molecule is CCCCOc1c(C(=O)C(=O)O)n(CC(O)O)ccc1=O. The summed E-state index contributed by atoms with van der Waals surface area (Å²) in [6.45, 7) is 1.59. The van der Waals surface area contributed by atoms with Crippen molar-refractivity contribution in [2.75, 3.05) is 6.61 Å². The smallest absolute Gasteiger partial charge is 0.379 e. The molecule has 0 radical (unpaired) electrons. The van der Waals surface area contributed by atoms with Crippen molar-refractivity contribution in [1.82, 2.24) is 4.57 Å². The van der Waals surface area contributed by atoms with Crippen LogP contribution in [-0.2, 0) is 11.3 Å². The van der Waals surface area contributed by atoms with Crippen LogP contribution in [0.15, 0.2) is 17.1 Å². The van der Waals surface area contributed by atoms with E-state index in [4.69, 9.17) is 20.1 Å². The summed E-state index contributed by atoms with van der Waals surface area (Å²) >= 11 is 0. The van der Waals surface area contributed by atoms with Crippen molar-refractivity contribution in [1.29, 1.82) is 0 Å². The summed E-state index contributed by atoms with van der Waals surface area (Å²) in [5.41, 5.74) is -1.14. The fourth-order valence-electron chi connectivity index (χ4n) is 1.68. The van der Waals surface area contributed by atoms with Gasteiger partial charge in [0, 0.05) is 12.3 Å². The number of aliphatic carboxylic acids is 1. The summed E-state index contributed by atoms with van der Waals surface area (Å²) in [5, 5.41) is 26.8. The topological polar surface area (TPSA) is 126 Å². The van der Waals surface area contributed by atoms with Gasteiger partial charge in [0.15, 0.2) is 12.0 Å². The molecule has 0 bridgehead atoms. The lowest BCUT2D eigenvalue weighted by Gasteiger charge is -2.16. The Labute approximate surface area is 120 Å². The largest absolute Gasteiger partial charge is 0.487 e. The van der Waals surface area contributed by atoms with Crippen LogP contribution >= 0.6 is 0 Å². The number of Topliss-reactive ketones (excluding diaryl/α,β-unsaturated/α-hetero) is 1. The van der Waals surface area contributed by atoms with Gasteiger partial charge in [0.1, 0.15) is 5.69 Å². The molecule has 0 spiro atoms. The highest BCUT2D eigenvalue weighted by Crippen LogP contribution is 2.15. The molecule has 0 fully saturated rings. The summed E-state index contributed by atoms with van der Waals surface area (Å²) in [6, 6.07) is 1.07. The zero-order valence-electron chi connectivity index (χ0n) is 11.5. The van der Waals surface area contributed by atoms with Gasteiger partial charge >= 0.3 is 5.97 Å². The molecule has 116 valence electrons. The Hall–Kier alpha value is -2.19. The van der Waals surface area contributed by atoms with E-state index in [0.717, 1.165) is 23.3 Å². The Morgan fingerprint density at radius 2 is 2.05 bits per heavy atom. The van der Waals surface area contributed by atoms with Gasteiger partial charge in [0.2, 0.25) is 5.43 Å². The van der Waals surface area contributed by atoms with Crippen LogP contribution in [0.2, 0.25) is 0 Å². The first kappa shape index (κ1) is 16.9. The first-order valence-corrected chi connectivity index (χ1v) is 6.38. The van der Waals surface area contributed by atoms with Gasteiger partial charge in [-0.3, -0.25) is 9.59 Å². The van der Waals surface area contributed by atoms with Gasteiger partial charge in [-0.1, -0.05) is 13.3 Å². The number of carboxylic acid groups (broad SMARTS) is 1. The Morgan fingerprint density at radius 1 is 1.38 bits per heavy atom. The molecule has 21 heavy (non-hydrogen) atoms. The number of aromatic nitrogens is 1. The molecule has 8 nitrogen and oxygen atoms in total. The quantitative estimate of drug-likeness (QED) is 0.258. The molecule has 1 aromatic heterocycles. The summed E-state index contributed by atoms with van der Waals surface area (Å²) < 4.78 is 6.20. The first-order valence-electron chi connectivity index (χ1n) is 6.38. The van der Waals surface area contributed by atoms with E-state index in [0.29, 0.717) is 6.42 Å². The number of ketones is 1. The Kier molecular flexibility index (Phi) is 6.07. The minimum atomic E-state index is -1.81. The third-order valence-electron chi connectivity index (χ3n) is 2.65. The molecule has 0 amide bonds. The molecule has 0 aliphatic rings. The van der Waals surface area contributed by atoms with Crippen LogP contribution in [-0.4, -0.2) is 44.5 Å². The van der Waals surface area contributed by atoms with E-state index >= 15 is 0 Å². The van der Waals surface area contributed by atoms with Crippen LogP contribution in [0.4, 0.5) is 0 Å². The minimum Gasteiger partial charge on any atom is -0.487 e. The number of unbranched alkanes of at least 4 members (excludes halogenated alkanes) is 1. The molecule has 0 aromatic carbocycles. The lowest BCUT2D eigenvalue weighted by molar-refractivity contribution is -0.132. The fraction of sp³-hybridized carbons (Fsp3) is 0.462. The highest BCUT2D eigenvalue weighted by atomic mass is 16.5. The van der Waals surface area contributed by atoms with Crippen LogP contribution in [0, 0.1) is 0 Å². The van der Waals surface area contributed by atoms with Crippen molar-refractivity contribution < 1.29 is 29.6 Å². The number of nitrogens with zero attached hydrogens (tertiary/aromatic N) is 1. The van der Waals surface area contributed by atoms with Gasteiger partial charge in [0.05, 0.1) is 13.2 Å². The maximum absolute atomic E-state index is 11.8. The number of rotatable bonds is 8. The Bertz CT molecular complexity index is 576. The predicted octanol–water partition coefficient (Wildman–Crippen LogP) is -0.395. The molecule has 0 saturated heterocycles. The van der Waals surface area contributed by atoms with Crippen molar-refractivity contribution in [3.05, 3.63) is 28.2 Å². The van der Waals surface area contributed by atoms with E-state index in [1.807, 2.05) is 6.92 Å². The van der Waals surface area contributed by atoms with Gasteiger partial charge in [-0.25, -0.2) is 4.79 Å².